The van der Waals surface area contributed by atoms with Crippen LogP contribution in [0.4, 0.5) is 0 Å². The number of aryl methyl sites for hydroxylation is 1. The Morgan fingerprint density at radius 3 is 2.61 bits per heavy atom. The van der Waals surface area contributed by atoms with Gasteiger partial charge in [-0.2, -0.15) is 5.10 Å². The zero-order valence-corrected chi connectivity index (χ0v) is 16.0. The van der Waals surface area contributed by atoms with Crippen LogP contribution < -0.4 is 10.1 Å². The first-order valence-corrected chi connectivity index (χ1v) is 8.86. The number of nitrogens with one attached hydrogen (secondary N) is 1. The molecule has 3 N–H and O–H groups in total. The van der Waals surface area contributed by atoms with Gasteiger partial charge in [0.25, 0.3) is 5.91 Å². The molecule has 0 aliphatic heterocycles. The first-order chi connectivity index (χ1) is 13.4. The van der Waals surface area contributed by atoms with E-state index in [9.17, 15) is 15.0 Å². The molecule has 0 saturated carbocycles. The summed E-state index contributed by atoms with van der Waals surface area (Å²) in [6.45, 7) is 3.92. The zero-order chi connectivity index (χ0) is 20.3. The minimum absolute atomic E-state index is 0.0130. The lowest BCUT2D eigenvalue weighted by molar-refractivity contribution is 0.0908. The Kier molecular flexibility index (Phi) is 5.65. The number of hydrogen-bond donors (Lipinski definition) is 3. The van der Waals surface area contributed by atoms with Crippen molar-refractivity contribution >= 4 is 5.91 Å². The standard InChI is InChI=1S/C21H23N3O4/c1-13-5-4-6-17(14(13)2)24-12-19(26)20(23-24)21(27)22-11-18(25)15-7-9-16(28-3)10-8-15/h4-10,12,18,25-26H,11H2,1-3H3,(H,22,27)/t18-/m0/s1. The fourth-order valence-electron chi connectivity index (χ4n) is 2.85. The van der Waals surface area contributed by atoms with Crippen molar-refractivity contribution in [3.8, 4) is 17.2 Å². The maximum atomic E-state index is 12.4. The number of aromatic nitrogens is 2. The molecule has 1 atom stereocenters. The van der Waals surface area contributed by atoms with Crippen LogP contribution in [0.1, 0.15) is 33.3 Å². The second-order valence-electron chi connectivity index (χ2n) is 6.53. The highest BCUT2D eigenvalue weighted by Crippen LogP contribution is 2.22. The van der Waals surface area contributed by atoms with Crippen molar-refractivity contribution in [1.29, 1.82) is 0 Å². The molecule has 0 fully saturated rings. The van der Waals surface area contributed by atoms with Crippen LogP contribution in [0.3, 0.4) is 0 Å². The third-order valence-electron chi connectivity index (χ3n) is 4.69. The molecule has 0 spiro atoms. The van der Waals surface area contributed by atoms with Gasteiger partial charge in [-0.05, 0) is 48.7 Å². The monoisotopic (exact) mass is 381 g/mol. The molecule has 1 amide bonds. The number of nitrogens with zero attached hydrogens (tertiary/aromatic N) is 2. The third-order valence-corrected chi connectivity index (χ3v) is 4.69. The summed E-state index contributed by atoms with van der Waals surface area (Å²) in [5.74, 6) is -0.103. The minimum Gasteiger partial charge on any atom is -0.504 e. The van der Waals surface area contributed by atoms with Crippen molar-refractivity contribution in [3.05, 3.63) is 71.0 Å². The van der Waals surface area contributed by atoms with E-state index < -0.39 is 12.0 Å². The average molecular weight is 381 g/mol. The fourth-order valence-corrected chi connectivity index (χ4v) is 2.85. The van der Waals surface area contributed by atoms with Gasteiger partial charge in [0.15, 0.2) is 11.4 Å². The average Bonchev–Trinajstić information content (AvgIpc) is 3.09. The molecule has 0 bridgehead atoms. The Morgan fingerprint density at radius 2 is 1.93 bits per heavy atom. The van der Waals surface area contributed by atoms with Gasteiger partial charge < -0.3 is 20.3 Å². The van der Waals surface area contributed by atoms with Crippen LogP contribution >= 0.6 is 0 Å². The lowest BCUT2D eigenvalue weighted by atomic mass is 10.1. The summed E-state index contributed by atoms with van der Waals surface area (Å²) in [6.07, 6.45) is 0.509. The molecule has 28 heavy (non-hydrogen) atoms. The van der Waals surface area contributed by atoms with E-state index in [0.29, 0.717) is 11.3 Å². The van der Waals surface area contributed by atoms with Crippen molar-refractivity contribution in [1.82, 2.24) is 15.1 Å². The van der Waals surface area contributed by atoms with E-state index in [1.165, 1.54) is 10.9 Å². The number of carbonyl (C=O) groups is 1. The number of aliphatic hydroxyl groups is 1. The normalized spacial score (nSPS) is 11.9. The van der Waals surface area contributed by atoms with Crippen molar-refractivity contribution in [2.24, 2.45) is 0 Å². The predicted molar refractivity (Wildman–Crippen MR) is 105 cm³/mol. The van der Waals surface area contributed by atoms with Crippen LogP contribution in [0.25, 0.3) is 5.69 Å². The summed E-state index contributed by atoms with van der Waals surface area (Å²) < 4.78 is 6.56. The van der Waals surface area contributed by atoms with Crippen molar-refractivity contribution in [2.75, 3.05) is 13.7 Å². The minimum atomic E-state index is -0.891. The molecule has 1 heterocycles. The van der Waals surface area contributed by atoms with Crippen LogP contribution in [0, 0.1) is 13.8 Å². The van der Waals surface area contributed by atoms with Gasteiger partial charge in [0.1, 0.15) is 5.75 Å². The number of benzene rings is 2. The quantitative estimate of drug-likeness (QED) is 0.610. The van der Waals surface area contributed by atoms with E-state index in [1.54, 1.807) is 31.4 Å². The number of methoxy groups -OCH3 is 1. The lowest BCUT2D eigenvalue weighted by Gasteiger charge is -2.12. The highest BCUT2D eigenvalue weighted by molar-refractivity contribution is 5.94. The van der Waals surface area contributed by atoms with E-state index >= 15 is 0 Å². The molecule has 0 saturated heterocycles. The van der Waals surface area contributed by atoms with E-state index in [4.69, 9.17) is 4.74 Å². The van der Waals surface area contributed by atoms with Gasteiger partial charge in [0, 0.05) is 6.54 Å². The molecule has 146 valence electrons. The Bertz CT molecular complexity index is 980. The number of rotatable bonds is 6. The zero-order valence-electron chi connectivity index (χ0n) is 16.0. The van der Waals surface area contributed by atoms with E-state index in [0.717, 1.165) is 16.8 Å². The topological polar surface area (TPSA) is 96.6 Å². The molecule has 0 aliphatic rings. The lowest BCUT2D eigenvalue weighted by Crippen LogP contribution is -2.28. The van der Waals surface area contributed by atoms with Crippen LogP contribution in [-0.2, 0) is 0 Å². The summed E-state index contributed by atoms with van der Waals surface area (Å²) in [5, 5.41) is 27.2. The molecule has 0 unspecified atom stereocenters. The van der Waals surface area contributed by atoms with Crippen molar-refractivity contribution in [2.45, 2.75) is 20.0 Å². The van der Waals surface area contributed by atoms with Gasteiger partial charge in [-0.1, -0.05) is 24.3 Å². The van der Waals surface area contributed by atoms with Crippen molar-refractivity contribution in [3.63, 3.8) is 0 Å². The Hall–Kier alpha value is -3.32. The first-order valence-electron chi connectivity index (χ1n) is 8.86. The fraction of sp³-hybridized carbons (Fsp3) is 0.238. The van der Waals surface area contributed by atoms with Gasteiger partial charge in [0.2, 0.25) is 0 Å². The second kappa shape index (κ2) is 8.14. The molecule has 1 aromatic heterocycles. The number of ether oxygens (including phenoxy) is 1. The number of aliphatic hydroxyl groups excluding tert-OH is 1. The highest BCUT2D eigenvalue weighted by atomic mass is 16.5. The molecule has 7 nitrogen and oxygen atoms in total. The number of carbonyl (C=O) groups excluding carboxylic acids is 1. The second-order valence-corrected chi connectivity index (χ2v) is 6.53. The molecule has 3 aromatic rings. The van der Waals surface area contributed by atoms with E-state index in [-0.39, 0.29) is 18.0 Å². The summed E-state index contributed by atoms with van der Waals surface area (Å²) in [7, 11) is 1.56. The highest BCUT2D eigenvalue weighted by Gasteiger charge is 2.19. The van der Waals surface area contributed by atoms with Gasteiger partial charge in [0.05, 0.1) is 25.1 Å². The summed E-state index contributed by atoms with van der Waals surface area (Å²) in [5.41, 5.74) is 3.43. The predicted octanol–water partition coefficient (Wildman–Crippen LogP) is 2.67. The van der Waals surface area contributed by atoms with Crippen LogP contribution in [0.2, 0.25) is 0 Å². The van der Waals surface area contributed by atoms with Crippen molar-refractivity contribution < 1.29 is 19.7 Å². The van der Waals surface area contributed by atoms with Gasteiger partial charge >= 0.3 is 0 Å². The van der Waals surface area contributed by atoms with Crippen LogP contribution in [-0.4, -0.2) is 39.6 Å². The smallest absolute Gasteiger partial charge is 0.275 e. The largest absolute Gasteiger partial charge is 0.504 e. The van der Waals surface area contributed by atoms with Crippen LogP contribution in [0.5, 0.6) is 11.5 Å². The van der Waals surface area contributed by atoms with Crippen LogP contribution in [0.15, 0.2) is 48.7 Å². The molecule has 3 rings (SSSR count). The SMILES string of the molecule is COc1ccc([C@@H](O)CNC(=O)c2nn(-c3cccc(C)c3C)cc2O)cc1. The molecule has 7 heteroatoms. The van der Waals surface area contributed by atoms with Gasteiger partial charge in [-0.3, -0.25) is 4.79 Å². The number of amides is 1. The Labute approximate surface area is 163 Å². The summed E-state index contributed by atoms with van der Waals surface area (Å²) in [4.78, 5) is 12.4. The van der Waals surface area contributed by atoms with E-state index in [2.05, 4.69) is 10.4 Å². The maximum Gasteiger partial charge on any atom is 0.275 e. The molecular weight excluding hydrogens is 358 g/mol. The molecule has 0 radical (unpaired) electrons. The van der Waals surface area contributed by atoms with E-state index in [1.807, 2.05) is 32.0 Å². The number of aromatic hydroxyl groups is 1. The summed E-state index contributed by atoms with van der Waals surface area (Å²) in [6, 6.07) is 12.7. The molecule has 0 aliphatic carbocycles. The van der Waals surface area contributed by atoms with Gasteiger partial charge in [-0.15, -0.1) is 0 Å². The van der Waals surface area contributed by atoms with Gasteiger partial charge in [-0.25, -0.2) is 4.68 Å². The molecular formula is C21H23N3O4. The Morgan fingerprint density at radius 1 is 1.21 bits per heavy atom. The first kappa shape index (κ1) is 19.4. The Balaban J connectivity index is 1.70. The summed E-state index contributed by atoms with van der Waals surface area (Å²) >= 11 is 0. The third kappa shape index (κ3) is 3.99. The molecule has 2 aromatic carbocycles. The number of hydrogen-bond acceptors (Lipinski definition) is 5. The maximum absolute atomic E-state index is 12.4.